The Labute approximate surface area is 161 Å². The van der Waals surface area contributed by atoms with Crippen molar-refractivity contribution < 1.29 is 9.53 Å². The molecule has 132 valence electrons. The first-order valence-electron chi connectivity index (χ1n) is 8.80. The number of ketones is 1. The van der Waals surface area contributed by atoms with E-state index in [1.807, 2.05) is 24.3 Å². The molecule has 3 nitrogen and oxygen atoms in total. The summed E-state index contributed by atoms with van der Waals surface area (Å²) in [7, 11) is 0. The Morgan fingerprint density at radius 1 is 1.15 bits per heavy atom. The Morgan fingerprint density at radius 3 is 2.70 bits per heavy atom. The molecule has 0 bridgehead atoms. The second-order valence-electron chi connectivity index (χ2n) is 6.36. The van der Waals surface area contributed by atoms with Gasteiger partial charge in [0.15, 0.2) is 0 Å². The molecular weight excluding hydrogens is 354 g/mol. The van der Waals surface area contributed by atoms with E-state index in [2.05, 4.69) is 24.3 Å². The zero-order valence-electron chi connectivity index (χ0n) is 14.6. The van der Waals surface area contributed by atoms with Crippen molar-refractivity contribution in [3.63, 3.8) is 0 Å². The molecule has 1 aliphatic carbocycles. The van der Waals surface area contributed by atoms with Crippen molar-refractivity contribution in [1.82, 2.24) is 0 Å². The molecule has 0 saturated heterocycles. The normalized spacial score (nSPS) is 13.2. The van der Waals surface area contributed by atoms with Crippen LogP contribution in [0.3, 0.4) is 0 Å². The van der Waals surface area contributed by atoms with E-state index < -0.39 is 0 Å². The molecule has 0 saturated carbocycles. The van der Waals surface area contributed by atoms with Crippen LogP contribution in [0.4, 0.5) is 0 Å². The number of nitriles is 1. The zero-order valence-corrected chi connectivity index (χ0v) is 15.5. The molecule has 0 amide bonds. The minimum Gasteiger partial charge on any atom is -0.487 e. The third-order valence-electron chi connectivity index (χ3n) is 4.53. The van der Waals surface area contributed by atoms with Crippen LogP contribution in [-0.4, -0.2) is 12.4 Å². The number of fused-ring (bicyclic) bond motifs is 1. The lowest BCUT2D eigenvalue weighted by Gasteiger charge is -2.12. The van der Waals surface area contributed by atoms with Gasteiger partial charge >= 0.3 is 0 Å². The number of rotatable bonds is 5. The summed E-state index contributed by atoms with van der Waals surface area (Å²) >= 11 is 1.45. The first-order chi connectivity index (χ1) is 13.3. The molecule has 27 heavy (non-hydrogen) atoms. The van der Waals surface area contributed by atoms with Gasteiger partial charge in [0.25, 0.3) is 0 Å². The molecule has 0 fully saturated rings. The van der Waals surface area contributed by atoms with Crippen LogP contribution in [0.2, 0.25) is 0 Å². The average molecular weight is 371 g/mol. The van der Waals surface area contributed by atoms with Gasteiger partial charge in [-0.15, -0.1) is 11.3 Å². The predicted octanol–water partition coefficient (Wildman–Crippen LogP) is 5.66. The molecule has 1 aliphatic rings. The number of allylic oxidation sites excluding steroid dienone is 3. The number of carbonyl (C=O) groups excluding carboxylic acids is 1. The molecule has 0 aliphatic heterocycles. The van der Waals surface area contributed by atoms with Gasteiger partial charge in [0.05, 0.1) is 11.6 Å². The highest BCUT2D eigenvalue weighted by atomic mass is 32.1. The number of carbonyl (C=O) groups is 1. The van der Waals surface area contributed by atoms with E-state index in [9.17, 15) is 4.79 Å². The Balaban J connectivity index is 1.70. The van der Waals surface area contributed by atoms with E-state index in [0.29, 0.717) is 28.4 Å². The van der Waals surface area contributed by atoms with Gasteiger partial charge in [0.2, 0.25) is 5.78 Å². The second-order valence-corrected chi connectivity index (χ2v) is 7.41. The molecule has 0 spiro atoms. The number of benzene rings is 2. The van der Waals surface area contributed by atoms with Gasteiger partial charge in [-0.3, -0.25) is 4.79 Å². The van der Waals surface area contributed by atoms with Gasteiger partial charge in [-0.05, 0) is 54.8 Å². The van der Waals surface area contributed by atoms with Gasteiger partial charge in [-0.1, -0.05) is 30.4 Å². The number of hydrogen-bond donors (Lipinski definition) is 0. The van der Waals surface area contributed by atoms with Gasteiger partial charge in [-0.25, -0.2) is 0 Å². The summed E-state index contributed by atoms with van der Waals surface area (Å²) in [6.45, 7) is 0.485. The van der Waals surface area contributed by atoms with Crippen molar-refractivity contribution in [2.24, 2.45) is 0 Å². The molecule has 2 aromatic carbocycles. The van der Waals surface area contributed by atoms with Gasteiger partial charge in [0.1, 0.15) is 17.2 Å². The molecule has 4 rings (SSSR count). The Bertz CT molecular complexity index is 1100. The summed E-state index contributed by atoms with van der Waals surface area (Å²) in [6.07, 6.45) is 8.29. The highest BCUT2D eigenvalue weighted by molar-refractivity contribution is 7.21. The first kappa shape index (κ1) is 17.3. The topological polar surface area (TPSA) is 50.1 Å². The lowest BCUT2D eigenvalue weighted by Crippen LogP contribution is -2.06. The lowest BCUT2D eigenvalue weighted by atomic mass is 10.1. The van der Waals surface area contributed by atoms with E-state index in [4.69, 9.17) is 10.00 Å². The number of ether oxygens (including phenoxy) is 1. The minimum atomic E-state index is -0.0757. The third-order valence-corrected chi connectivity index (χ3v) is 5.69. The quantitative estimate of drug-likeness (QED) is 0.544. The summed E-state index contributed by atoms with van der Waals surface area (Å²) in [6, 6.07) is 16.7. The second kappa shape index (κ2) is 7.61. The van der Waals surface area contributed by atoms with Crippen molar-refractivity contribution in [1.29, 1.82) is 5.26 Å². The summed E-state index contributed by atoms with van der Waals surface area (Å²) < 4.78 is 7.18. The van der Waals surface area contributed by atoms with Crippen LogP contribution < -0.4 is 4.74 Å². The van der Waals surface area contributed by atoms with Crippen LogP contribution in [0, 0.1) is 11.3 Å². The Morgan fingerprint density at radius 2 is 1.96 bits per heavy atom. The zero-order chi connectivity index (χ0) is 18.6. The molecule has 0 radical (unpaired) electrons. The standard InChI is InChI=1S/C23H17NO2S/c24-14-16-10-12-18(13-11-16)21(25)23-22(19-8-4-5-9-20(19)27-23)26-15-17-6-2-1-3-7-17/h1-2,4-6,8-13H,3,7,15H2. The fourth-order valence-corrected chi connectivity index (χ4v) is 4.19. The van der Waals surface area contributed by atoms with Crippen molar-refractivity contribution in [3.8, 4) is 11.8 Å². The van der Waals surface area contributed by atoms with E-state index >= 15 is 0 Å². The van der Waals surface area contributed by atoms with Crippen LogP contribution in [0.25, 0.3) is 10.1 Å². The molecule has 1 aromatic heterocycles. The first-order valence-corrected chi connectivity index (χ1v) is 9.61. The van der Waals surface area contributed by atoms with Gasteiger partial charge in [0, 0.05) is 15.6 Å². The van der Waals surface area contributed by atoms with E-state index in [1.54, 1.807) is 24.3 Å². The molecule has 4 heteroatoms. The maximum absolute atomic E-state index is 13.1. The van der Waals surface area contributed by atoms with Crippen molar-refractivity contribution in [3.05, 3.63) is 88.3 Å². The van der Waals surface area contributed by atoms with Crippen molar-refractivity contribution in [2.45, 2.75) is 12.8 Å². The molecule has 0 unspecified atom stereocenters. The maximum atomic E-state index is 13.1. The summed E-state index contributed by atoms with van der Waals surface area (Å²) in [5.41, 5.74) is 2.33. The maximum Gasteiger partial charge on any atom is 0.206 e. The number of thiophene rings is 1. The van der Waals surface area contributed by atoms with Crippen molar-refractivity contribution in [2.75, 3.05) is 6.61 Å². The monoisotopic (exact) mass is 371 g/mol. The van der Waals surface area contributed by atoms with E-state index in [-0.39, 0.29) is 5.78 Å². The number of hydrogen-bond acceptors (Lipinski definition) is 4. The predicted molar refractivity (Wildman–Crippen MR) is 108 cm³/mol. The Hall–Kier alpha value is -3.16. The average Bonchev–Trinajstić information content (AvgIpc) is 3.11. The summed E-state index contributed by atoms with van der Waals surface area (Å²) in [4.78, 5) is 13.7. The molecule has 1 heterocycles. The third kappa shape index (κ3) is 3.55. The Kier molecular flexibility index (Phi) is 4.86. The molecular formula is C23H17NO2S. The highest BCUT2D eigenvalue weighted by Crippen LogP contribution is 2.39. The van der Waals surface area contributed by atoms with Gasteiger partial charge in [-0.2, -0.15) is 5.26 Å². The van der Waals surface area contributed by atoms with Crippen molar-refractivity contribution >= 4 is 27.2 Å². The van der Waals surface area contributed by atoms with Crippen LogP contribution >= 0.6 is 11.3 Å². The van der Waals surface area contributed by atoms with Gasteiger partial charge < -0.3 is 4.74 Å². The van der Waals surface area contributed by atoms with E-state index in [0.717, 1.165) is 22.9 Å². The van der Waals surface area contributed by atoms with Crippen LogP contribution in [-0.2, 0) is 0 Å². The molecule has 3 aromatic rings. The minimum absolute atomic E-state index is 0.0757. The summed E-state index contributed by atoms with van der Waals surface area (Å²) in [5, 5.41) is 9.92. The molecule has 0 atom stereocenters. The lowest BCUT2D eigenvalue weighted by molar-refractivity contribution is 0.103. The fourth-order valence-electron chi connectivity index (χ4n) is 3.08. The van der Waals surface area contributed by atoms with E-state index in [1.165, 1.54) is 16.9 Å². The summed E-state index contributed by atoms with van der Waals surface area (Å²) in [5.74, 6) is 0.577. The van der Waals surface area contributed by atoms with Crippen LogP contribution in [0.15, 0.2) is 72.3 Å². The fraction of sp³-hybridized carbons (Fsp3) is 0.130. The SMILES string of the molecule is N#Cc1ccc(C(=O)c2sc3ccccc3c2OCC2=CC=CCC2)cc1. The smallest absolute Gasteiger partial charge is 0.206 e. The number of nitrogens with zero attached hydrogens (tertiary/aromatic N) is 1. The largest absolute Gasteiger partial charge is 0.487 e. The molecule has 0 N–H and O–H groups in total. The highest BCUT2D eigenvalue weighted by Gasteiger charge is 2.21. The van der Waals surface area contributed by atoms with Crippen LogP contribution in [0.5, 0.6) is 5.75 Å². The van der Waals surface area contributed by atoms with Crippen LogP contribution in [0.1, 0.15) is 33.6 Å².